The molecular formula is C15H18N2O2S. The lowest BCUT2D eigenvalue weighted by atomic mass is 10.2. The Morgan fingerprint density at radius 1 is 1.35 bits per heavy atom. The third kappa shape index (κ3) is 3.95. The van der Waals surface area contributed by atoms with Gasteiger partial charge in [0.15, 0.2) is 0 Å². The highest BCUT2D eigenvalue weighted by Crippen LogP contribution is 2.16. The fraction of sp³-hybridized carbons (Fsp3) is 0.333. The molecule has 0 radical (unpaired) electrons. The zero-order valence-electron chi connectivity index (χ0n) is 11.4. The van der Waals surface area contributed by atoms with E-state index in [0.29, 0.717) is 12.4 Å². The predicted molar refractivity (Wildman–Crippen MR) is 82.5 cm³/mol. The highest BCUT2D eigenvalue weighted by atomic mass is 32.2. The Labute approximate surface area is 122 Å². The van der Waals surface area contributed by atoms with Gasteiger partial charge in [-0.2, -0.15) is 11.8 Å². The van der Waals surface area contributed by atoms with Crippen LogP contribution in [0.1, 0.15) is 12.6 Å². The molecule has 2 aromatic rings. The number of carbonyl (C=O) groups excluding carboxylic acids is 1. The summed E-state index contributed by atoms with van der Waals surface area (Å²) in [5, 5.41) is 1.13. The summed E-state index contributed by atoms with van der Waals surface area (Å²) in [5.41, 5.74) is 7.72. The molecule has 0 saturated heterocycles. The maximum Gasteiger partial charge on any atom is 0.323 e. The van der Waals surface area contributed by atoms with Crippen LogP contribution >= 0.6 is 11.8 Å². The van der Waals surface area contributed by atoms with Crippen molar-refractivity contribution in [3.63, 3.8) is 0 Å². The molecular weight excluding hydrogens is 272 g/mol. The lowest BCUT2D eigenvalue weighted by Gasteiger charge is -2.10. The molecule has 1 heterocycles. The number of hydrogen-bond acceptors (Lipinski definition) is 5. The van der Waals surface area contributed by atoms with Crippen molar-refractivity contribution in [2.24, 2.45) is 5.73 Å². The number of carbonyl (C=O) groups is 1. The van der Waals surface area contributed by atoms with Gasteiger partial charge in [0.2, 0.25) is 0 Å². The molecule has 0 aliphatic rings. The van der Waals surface area contributed by atoms with Gasteiger partial charge >= 0.3 is 5.97 Å². The second-order valence-electron chi connectivity index (χ2n) is 4.37. The summed E-state index contributed by atoms with van der Waals surface area (Å²) in [4.78, 5) is 16.0. The first-order valence-corrected chi connectivity index (χ1v) is 7.71. The van der Waals surface area contributed by atoms with Gasteiger partial charge in [-0.3, -0.25) is 9.78 Å². The Balaban J connectivity index is 1.88. The molecule has 0 bridgehead atoms. The van der Waals surface area contributed by atoms with Crippen LogP contribution in [0.2, 0.25) is 0 Å². The third-order valence-electron chi connectivity index (χ3n) is 2.79. The van der Waals surface area contributed by atoms with E-state index in [0.717, 1.165) is 22.3 Å². The van der Waals surface area contributed by atoms with Crippen LogP contribution in [0.25, 0.3) is 10.9 Å². The molecule has 2 rings (SSSR count). The summed E-state index contributed by atoms with van der Waals surface area (Å²) < 4.78 is 4.87. The molecule has 0 spiro atoms. The van der Waals surface area contributed by atoms with E-state index < -0.39 is 6.04 Å². The number of pyridine rings is 1. The molecule has 0 aliphatic heterocycles. The number of fused-ring (bicyclic) bond motifs is 1. The van der Waals surface area contributed by atoms with Gasteiger partial charge in [0, 0.05) is 16.9 Å². The van der Waals surface area contributed by atoms with Gasteiger partial charge in [0.1, 0.15) is 6.04 Å². The molecule has 0 saturated carbocycles. The lowest BCUT2D eigenvalue weighted by Crippen LogP contribution is -2.34. The number of aromatic nitrogens is 1. The molecule has 0 amide bonds. The number of para-hydroxylation sites is 1. The average Bonchev–Trinajstić information content (AvgIpc) is 2.47. The van der Waals surface area contributed by atoms with E-state index in [1.165, 1.54) is 0 Å². The van der Waals surface area contributed by atoms with Crippen molar-refractivity contribution in [3.8, 4) is 0 Å². The number of rotatable bonds is 6. The van der Waals surface area contributed by atoms with E-state index in [9.17, 15) is 4.79 Å². The Kier molecular flexibility index (Phi) is 5.38. The number of benzene rings is 1. The summed E-state index contributed by atoms with van der Waals surface area (Å²) in [7, 11) is 0. The van der Waals surface area contributed by atoms with Crippen LogP contribution in [0, 0.1) is 0 Å². The molecule has 1 aromatic heterocycles. The van der Waals surface area contributed by atoms with Crippen molar-refractivity contribution in [1.82, 2.24) is 4.98 Å². The highest BCUT2D eigenvalue weighted by Gasteiger charge is 2.14. The molecule has 1 atom stereocenters. The topological polar surface area (TPSA) is 65.2 Å². The van der Waals surface area contributed by atoms with Gasteiger partial charge in [-0.15, -0.1) is 0 Å². The minimum Gasteiger partial charge on any atom is -0.465 e. The first-order chi connectivity index (χ1) is 9.70. The lowest BCUT2D eigenvalue weighted by molar-refractivity contribution is -0.144. The van der Waals surface area contributed by atoms with Crippen molar-refractivity contribution in [3.05, 3.63) is 42.1 Å². The number of ether oxygens (including phenoxy) is 1. The Morgan fingerprint density at radius 3 is 2.95 bits per heavy atom. The van der Waals surface area contributed by atoms with Crippen LogP contribution in [0.3, 0.4) is 0 Å². The summed E-state index contributed by atoms with van der Waals surface area (Å²) in [6, 6.07) is 11.5. The number of thioether (sulfide) groups is 1. The number of nitrogens with zero attached hydrogens (tertiary/aromatic N) is 1. The monoisotopic (exact) mass is 290 g/mol. The Hall–Kier alpha value is -1.59. The van der Waals surface area contributed by atoms with Crippen LogP contribution in [0.5, 0.6) is 0 Å². The Bertz CT molecular complexity index is 589. The quantitative estimate of drug-likeness (QED) is 0.827. The van der Waals surface area contributed by atoms with Gasteiger partial charge in [0.05, 0.1) is 17.8 Å². The number of hydrogen-bond donors (Lipinski definition) is 1. The van der Waals surface area contributed by atoms with Gasteiger partial charge in [-0.25, -0.2) is 0 Å². The van der Waals surface area contributed by atoms with Crippen LogP contribution in [0.4, 0.5) is 0 Å². The summed E-state index contributed by atoms with van der Waals surface area (Å²) in [6.07, 6.45) is 0. The molecule has 0 aliphatic carbocycles. The van der Waals surface area contributed by atoms with Crippen molar-refractivity contribution in [1.29, 1.82) is 0 Å². The van der Waals surface area contributed by atoms with Gasteiger partial charge in [-0.1, -0.05) is 24.3 Å². The first kappa shape index (κ1) is 14.8. The van der Waals surface area contributed by atoms with E-state index in [4.69, 9.17) is 10.5 Å². The largest absolute Gasteiger partial charge is 0.465 e. The molecule has 106 valence electrons. The fourth-order valence-electron chi connectivity index (χ4n) is 1.80. The van der Waals surface area contributed by atoms with Crippen molar-refractivity contribution < 1.29 is 9.53 Å². The van der Waals surface area contributed by atoms with E-state index in [1.54, 1.807) is 18.7 Å². The average molecular weight is 290 g/mol. The SMILES string of the molecule is CCOC(=O)C(N)CSCc1ccc2ccccc2n1. The maximum absolute atomic E-state index is 11.4. The minimum absolute atomic E-state index is 0.341. The van der Waals surface area contributed by atoms with Crippen LogP contribution < -0.4 is 5.73 Å². The predicted octanol–water partition coefficient (Wildman–Crippen LogP) is 2.36. The fourth-order valence-corrected chi connectivity index (χ4v) is 2.67. The number of esters is 1. The standard InChI is InChI=1S/C15H18N2O2S/c1-2-19-15(18)13(16)10-20-9-12-8-7-11-5-3-4-6-14(11)17-12/h3-8,13H,2,9-10,16H2,1H3. The van der Waals surface area contributed by atoms with Crippen molar-refractivity contribution >= 4 is 28.6 Å². The van der Waals surface area contributed by atoms with Crippen molar-refractivity contribution in [2.75, 3.05) is 12.4 Å². The third-order valence-corrected chi connectivity index (χ3v) is 3.89. The molecule has 5 heteroatoms. The van der Waals surface area contributed by atoms with Gasteiger partial charge in [0.25, 0.3) is 0 Å². The molecule has 0 fully saturated rings. The van der Waals surface area contributed by atoms with Crippen LogP contribution in [-0.2, 0) is 15.3 Å². The minimum atomic E-state index is -0.569. The van der Waals surface area contributed by atoms with Crippen molar-refractivity contribution in [2.45, 2.75) is 18.7 Å². The zero-order chi connectivity index (χ0) is 14.4. The molecule has 1 unspecified atom stereocenters. The first-order valence-electron chi connectivity index (χ1n) is 6.55. The van der Waals surface area contributed by atoms with E-state index in [2.05, 4.69) is 11.1 Å². The number of nitrogens with two attached hydrogens (primary N) is 1. The van der Waals surface area contributed by atoms with E-state index in [-0.39, 0.29) is 5.97 Å². The van der Waals surface area contributed by atoms with Crippen LogP contribution in [-0.4, -0.2) is 29.4 Å². The molecule has 20 heavy (non-hydrogen) atoms. The molecule has 1 aromatic carbocycles. The smallest absolute Gasteiger partial charge is 0.323 e. The second-order valence-corrected chi connectivity index (χ2v) is 5.40. The highest BCUT2D eigenvalue weighted by molar-refractivity contribution is 7.98. The molecule has 4 nitrogen and oxygen atoms in total. The Morgan fingerprint density at radius 2 is 2.15 bits per heavy atom. The van der Waals surface area contributed by atoms with Gasteiger partial charge < -0.3 is 10.5 Å². The van der Waals surface area contributed by atoms with E-state index >= 15 is 0 Å². The van der Waals surface area contributed by atoms with Gasteiger partial charge in [-0.05, 0) is 19.1 Å². The second kappa shape index (κ2) is 7.26. The zero-order valence-corrected chi connectivity index (χ0v) is 12.2. The summed E-state index contributed by atoms with van der Waals surface area (Å²) >= 11 is 1.59. The normalized spacial score (nSPS) is 12.3. The van der Waals surface area contributed by atoms with Crippen LogP contribution in [0.15, 0.2) is 36.4 Å². The maximum atomic E-state index is 11.4. The molecule has 2 N–H and O–H groups in total. The summed E-state index contributed by atoms with van der Waals surface area (Å²) in [5.74, 6) is 0.928. The summed E-state index contributed by atoms with van der Waals surface area (Å²) in [6.45, 7) is 2.14. The van der Waals surface area contributed by atoms with E-state index in [1.807, 2.05) is 30.3 Å².